The van der Waals surface area contributed by atoms with Crippen molar-refractivity contribution in [1.29, 1.82) is 0 Å². The summed E-state index contributed by atoms with van der Waals surface area (Å²) in [5.74, 6) is -0.169. The fourth-order valence-corrected chi connectivity index (χ4v) is 3.57. The van der Waals surface area contributed by atoms with Gasteiger partial charge in [0, 0.05) is 31.7 Å². The summed E-state index contributed by atoms with van der Waals surface area (Å²) in [4.78, 5) is 29.1. The molecule has 0 spiro atoms. The summed E-state index contributed by atoms with van der Waals surface area (Å²) in [5, 5.41) is 0. The van der Waals surface area contributed by atoms with E-state index in [4.69, 9.17) is 0 Å². The van der Waals surface area contributed by atoms with E-state index in [0.29, 0.717) is 26.1 Å². The Balaban J connectivity index is 1.73. The molecule has 0 N–H and O–H groups in total. The zero-order valence-electron chi connectivity index (χ0n) is 15.7. The second-order valence-electron chi connectivity index (χ2n) is 7.02. The maximum absolute atomic E-state index is 13.0. The number of rotatable bonds is 5. The number of carbonyl (C=O) groups is 2. The van der Waals surface area contributed by atoms with Gasteiger partial charge in [0.15, 0.2) is 0 Å². The van der Waals surface area contributed by atoms with Crippen molar-refractivity contribution in [2.45, 2.75) is 33.7 Å². The highest BCUT2D eigenvalue weighted by Gasteiger charge is 2.36. The van der Waals surface area contributed by atoms with Crippen molar-refractivity contribution in [3.05, 3.63) is 65.2 Å². The Morgan fingerprint density at radius 3 is 2.62 bits per heavy atom. The van der Waals surface area contributed by atoms with E-state index in [9.17, 15) is 9.59 Å². The van der Waals surface area contributed by atoms with Crippen LogP contribution in [0.25, 0.3) is 0 Å². The standard InChI is InChI=1S/C22H26N2O2/c1-4-24(20-11-7-8-16(2)12-20)22(26)19-13-21(25)23(15-19)14-18-10-6-5-9-17(18)3/h5-12,19H,4,13-15H2,1-3H3. The van der Waals surface area contributed by atoms with Crippen molar-refractivity contribution in [2.75, 3.05) is 18.0 Å². The molecule has 0 radical (unpaired) electrons. The first-order chi connectivity index (χ1) is 12.5. The Morgan fingerprint density at radius 2 is 1.92 bits per heavy atom. The highest BCUT2D eigenvalue weighted by Crippen LogP contribution is 2.26. The van der Waals surface area contributed by atoms with Crippen LogP contribution in [-0.4, -0.2) is 29.8 Å². The van der Waals surface area contributed by atoms with Gasteiger partial charge in [0.25, 0.3) is 0 Å². The van der Waals surface area contributed by atoms with Crippen LogP contribution >= 0.6 is 0 Å². The number of amides is 2. The van der Waals surface area contributed by atoms with Gasteiger partial charge in [-0.25, -0.2) is 0 Å². The molecule has 2 aromatic rings. The maximum atomic E-state index is 13.0. The summed E-state index contributed by atoms with van der Waals surface area (Å²) in [5.41, 5.74) is 4.34. The topological polar surface area (TPSA) is 40.6 Å². The van der Waals surface area contributed by atoms with Gasteiger partial charge in [-0.15, -0.1) is 0 Å². The van der Waals surface area contributed by atoms with Gasteiger partial charge in [-0.2, -0.15) is 0 Å². The van der Waals surface area contributed by atoms with Crippen LogP contribution in [0.2, 0.25) is 0 Å². The van der Waals surface area contributed by atoms with Crippen LogP contribution in [0.4, 0.5) is 5.69 Å². The minimum Gasteiger partial charge on any atom is -0.338 e. The second kappa shape index (κ2) is 7.73. The Labute approximate surface area is 155 Å². The van der Waals surface area contributed by atoms with Crippen molar-refractivity contribution in [2.24, 2.45) is 5.92 Å². The Bertz CT molecular complexity index is 815. The molecule has 2 aromatic carbocycles. The Morgan fingerprint density at radius 1 is 1.15 bits per heavy atom. The minimum atomic E-state index is -0.271. The molecule has 1 atom stereocenters. The summed E-state index contributed by atoms with van der Waals surface area (Å²) < 4.78 is 0. The molecule has 1 unspecified atom stereocenters. The average Bonchev–Trinajstić information content (AvgIpc) is 2.98. The first-order valence-electron chi connectivity index (χ1n) is 9.20. The van der Waals surface area contributed by atoms with E-state index in [1.165, 1.54) is 5.56 Å². The number of hydrogen-bond donors (Lipinski definition) is 0. The molecule has 136 valence electrons. The molecule has 0 bridgehead atoms. The number of hydrogen-bond acceptors (Lipinski definition) is 2. The third-order valence-electron chi connectivity index (χ3n) is 5.08. The quantitative estimate of drug-likeness (QED) is 0.825. The van der Waals surface area contributed by atoms with Crippen molar-refractivity contribution < 1.29 is 9.59 Å². The van der Waals surface area contributed by atoms with E-state index >= 15 is 0 Å². The van der Waals surface area contributed by atoms with Crippen LogP contribution in [0.1, 0.15) is 30.0 Å². The van der Waals surface area contributed by atoms with Gasteiger partial charge in [-0.1, -0.05) is 36.4 Å². The molecule has 26 heavy (non-hydrogen) atoms. The van der Waals surface area contributed by atoms with Gasteiger partial charge in [0.1, 0.15) is 0 Å². The van der Waals surface area contributed by atoms with E-state index in [0.717, 1.165) is 16.8 Å². The maximum Gasteiger partial charge on any atom is 0.232 e. The molecule has 1 aliphatic rings. The minimum absolute atomic E-state index is 0.0405. The average molecular weight is 350 g/mol. The Kier molecular flexibility index (Phi) is 5.40. The molecule has 1 saturated heterocycles. The monoisotopic (exact) mass is 350 g/mol. The van der Waals surface area contributed by atoms with E-state index in [1.54, 1.807) is 4.90 Å². The number of benzene rings is 2. The summed E-state index contributed by atoms with van der Waals surface area (Å²) in [7, 11) is 0. The van der Waals surface area contributed by atoms with E-state index in [1.807, 2.05) is 61.2 Å². The smallest absolute Gasteiger partial charge is 0.232 e. The first kappa shape index (κ1) is 18.2. The predicted molar refractivity (Wildman–Crippen MR) is 104 cm³/mol. The highest BCUT2D eigenvalue weighted by atomic mass is 16.2. The third-order valence-corrected chi connectivity index (χ3v) is 5.08. The Hall–Kier alpha value is -2.62. The van der Waals surface area contributed by atoms with Crippen molar-refractivity contribution in [3.8, 4) is 0 Å². The van der Waals surface area contributed by atoms with Crippen LogP contribution in [0.5, 0.6) is 0 Å². The molecule has 0 aromatic heterocycles. The molecule has 3 rings (SSSR count). The lowest BCUT2D eigenvalue weighted by Crippen LogP contribution is -2.37. The molecule has 4 nitrogen and oxygen atoms in total. The molecule has 1 fully saturated rings. The molecule has 2 amide bonds. The summed E-state index contributed by atoms with van der Waals surface area (Å²) in [6.45, 7) is 7.72. The van der Waals surface area contributed by atoms with Crippen LogP contribution in [-0.2, 0) is 16.1 Å². The second-order valence-corrected chi connectivity index (χ2v) is 7.02. The normalized spacial score (nSPS) is 16.8. The fraction of sp³-hybridized carbons (Fsp3) is 0.364. The van der Waals surface area contributed by atoms with Crippen LogP contribution < -0.4 is 4.90 Å². The summed E-state index contributed by atoms with van der Waals surface area (Å²) >= 11 is 0. The predicted octanol–water partition coefficient (Wildman–Crippen LogP) is 3.71. The number of carbonyl (C=O) groups excluding carboxylic acids is 2. The first-order valence-corrected chi connectivity index (χ1v) is 9.20. The van der Waals surface area contributed by atoms with Crippen molar-refractivity contribution >= 4 is 17.5 Å². The lowest BCUT2D eigenvalue weighted by Gasteiger charge is -2.25. The van der Waals surface area contributed by atoms with E-state index in [-0.39, 0.29) is 17.7 Å². The molecule has 1 aliphatic heterocycles. The largest absolute Gasteiger partial charge is 0.338 e. The number of aryl methyl sites for hydroxylation is 2. The van der Waals surface area contributed by atoms with Crippen LogP contribution in [0, 0.1) is 19.8 Å². The third kappa shape index (κ3) is 3.79. The molecular formula is C22H26N2O2. The molecule has 1 heterocycles. The summed E-state index contributed by atoms with van der Waals surface area (Å²) in [6, 6.07) is 16.0. The van der Waals surface area contributed by atoms with Crippen LogP contribution in [0.15, 0.2) is 48.5 Å². The van der Waals surface area contributed by atoms with Gasteiger partial charge in [0.2, 0.25) is 11.8 Å². The van der Waals surface area contributed by atoms with Gasteiger partial charge < -0.3 is 9.80 Å². The SMILES string of the molecule is CCN(C(=O)C1CC(=O)N(Cc2ccccc2C)C1)c1cccc(C)c1. The zero-order valence-corrected chi connectivity index (χ0v) is 15.7. The lowest BCUT2D eigenvalue weighted by atomic mass is 10.1. The zero-order chi connectivity index (χ0) is 18.7. The van der Waals surface area contributed by atoms with Crippen molar-refractivity contribution in [1.82, 2.24) is 4.90 Å². The number of anilines is 1. The van der Waals surface area contributed by atoms with Gasteiger partial charge in [-0.05, 0) is 49.6 Å². The van der Waals surface area contributed by atoms with Crippen LogP contribution in [0.3, 0.4) is 0 Å². The van der Waals surface area contributed by atoms with Gasteiger partial charge in [-0.3, -0.25) is 9.59 Å². The number of nitrogens with zero attached hydrogens (tertiary/aromatic N) is 2. The molecule has 0 saturated carbocycles. The fourth-order valence-electron chi connectivity index (χ4n) is 3.57. The lowest BCUT2D eigenvalue weighted by molar-refractivity contribution is -0.128. The van der Waals surface area contributed by atoms with E-state index in [2.05, 4.69) is 13.0 Å². The van der Waals surface area contributed by atoms with Crippen molar-refractivity contribution in [3.63, 3.8) is 0 Å². The van der Waals surface area contributed by atoms with E-state index < -0.39 is 0 Å². The molecule has 4 heteroatoms. The molecule has 0 aliphatic carbocycles. The highest BCUT2D eigenvalue weighted by molar-refractivity contribution is 5.99. The molecular weight excluding hydrogens is 324 g/mol. The number of likely N-dealkylation sites (tertiary alicyclic amines) is 1. The van der Waals surface area contributed by atoms with Gasteiger partial charge >= 0.3 is 0 Å². The summed E-state index contributed by atoms with van der Waals surface area (Å²) in [6.07, 6.45) is 0.299. The van der Waals surface area contributed by atoms with Gasteiger partial charge in [0.05, 0.1) is 5.92 Å².